The zero-order valence-electron chi connectivity index (χ0n) is 15.2. The Morgan fingerprint density at radius 3 is 2.71 bits per heavy atom. The van der Waals surface area contributed by atoms with Crippen LogP contribution in [0, 0.1) is 0 Å². The molecule has 2 aromatic heterocycles. The molecule has 0 unspecified atom stereocenters. The monoisotopic (exact) mass is 384 g/mol. The molecule has 0 saturated heterocycles. The number of benzene rings is 1. The van der Waals surface area contributed by atoms with Gasteiger partial charge in [-0.2, -0.15) is 8.78 Å². The summed E-state index contributed by atoms with van der Waals surface area (Å²) in [4.78, 5) is 8.12. The van der Waals surface area contributed by atoms with Crippen molar-refractivity contribution in [3.05, 3.63) is 66.1 Å². The van der Waals surface area contributed by atoms with Crippen LogP contribution in [0.25, 0.3) is 11.1 Å². The van der Waals surface area contributed by atoms with E-state index < -0.39 is 12.5 Å². The Balaban J connectivity index is 1.63. The molecular formula is C21H18F2N2O3. The minimum absolute atomic E-state index is 0.311. The molecule has 7 heteroatoms. The fourth-order valence-corrected chi connectivity index (χ4v) is 3.13. The molecule has 0 amide bonds. The first-order valence-electron chi connectivity index (χ1n) is 8.80. The van der Waals surface area contributed by atoms with Gasteiger partial charge in [0.05, 0.1) is 12.8 Å². The predicted molar refractivity (Wildman–Crippen MR) is 99.0 cm³/mol. The zero-order chi connectivity index (χ0) is 19.6. The van der Waals surface area contributed by atoms with E-state index in [-0.39, 0.29) is 5.69 Å². The zero-order valence-corrected chi connectivity index (χ0v) is 15.2. The Kier molecular flexibility index (Phi) is 4.92. The third-order valence-electron chi connectivity index (χ3n) is 4.43. The number of methoxy groups -OCH3 is 1. The maximum atomic E-state index is 13.9. The van der Waals surface area contributed by atoms with E-state index in [0.29, 0.717) is 18.2 Å². The van der Waals surface area contributed by atoms with E-state index in [1.807, 2.05) is 30.3 Å². The van der Waals surface area contributed by atoms with Crippen LogP contribution < -0.4 is 9.47 Å². The Hall–Kier alpha value is -3.06. The number of alkyl halides is 2. The first-order chi connectivity index (χ1) is 13.6. The lowest BCUT2D eigenvalue weighted by Crippen LogP contribution is -2.21. The van der Waals surface area contributed by atoms with Crippen LogP contribution in [0.2, 0.25) is 0 Å². The molecular weight excluding hydrogens is 366 g/mol. The summed E-state index contributed by atoms with van der Waals surface area (Å²) in [6, 6.07) is 12.3. The number of hydrogen-bond acceptors (Lipinski definition) is 5. The Morgan fingerprint density at radius 2 is 1.93 bits per heavy atom. The molecule has 0 saturated carbocycles. The maximum Gasteiger partial charge on any atom is 0.312 e. The summed E-state index contributed by atoms with van der Waals surface area (Å²) < 4.78 is 43.9. The molecule has 3 heterocycles. The lowest BCUT2D eigenvalue weighted by molar-refractivity contribution is -0.0731. The highest BCUT2D eigenvalue weighted by Gasteiger charge is 2.33. The fraction of sp³-hybridized carbons (Fsp3) is 0.238. The van der Waals surface area contributed by atoms with Crippen molar-refractivity contribution in [2.45, 2.75) is 12.3 Å². The summed E-state index contributed by atoms with van der Waals surface area (Å²) in [5.41, 5.74) is 2.40. The van der Waals surface area contributed by atoms with Gasteiger partial charge in [-0.15, -0.1) is 0 Å². The van der Waals surface area contributed by atoms with Gasteiger partial charge in [0.2, 0.25) is 5.88 Å². The van der Waals surface area contributed by atoms with Crippen molar-refractivity contribution < 1.29 is 23.0 Å². The van der Waals surface area contributed by atoms with Gasteiger partial charge in [0.25, 0.3) is 0 Å². The summed E-state index contributed by atoms with van der Waals surface area (Å²) in [6.45, 7) is -0.0897. The molecule has 28 heavy (non-hydrogen) atoms. The smallest absolute Gasteiger partial charge is 0.312 e. The molecule has 0 bridgehead atoms. The lowest BCUT2D eigenvalue weighted by atomic mass is 10.0. The molecule has 3 aromatic rings. The highest BCUT2D eigenvalue weighted by molar-refractivity contribution is 5.76. The first-order valence-corrected chi connectivity index (χ1v) is 8.80. The molecule has 4 rings (SSSR count). The van der Waals surface area contributed by atoms with Crippen molar-refractivity contribution in [3.8, 4) is 28.5 Å². The number of pyridine rings is 2. The van der Waals surface area contributed by atoms with E-state index in [0.717, 1.165) is 28.9 Å². The second-order valence-corrected chi connectivity index (χ2v) is 6.37. The Morgan fingerprint density at radius 1 is 1.07 bits per heavy atom. The molecule has 1 aliphatic heterocycles. The first kappa shape index (κ1) is 18.3. The molecule has 0 radical (unpaired) electrons. The van der Waals surface area contributed by atoms with Gasteiger partial charge < -0.3 is 14.2 Å². The SMILES string of the molecule is COCC(F)(F)c1ccc(Oc2ncccc2-c2cccc3c2OCC3)cn1. The second-order valence-electron chi connectivity index (χ2n) is 6.37. The number of halogens is 2. The van der Waals surface area contributed by atoms with Gasteiger partial charge in [-0.3, -0.25) is 4.98 Å². The van der Waals surface area contributed by atoms with Gasteiger partial charge >= 0.3 is 5.92 Å². The van der Waals surface area contributed by atoms with Crippen LogP contribution in [0.1, 0.15) is 11.3 Å². The minimum Gasteiger partial charge on any atom is -0.492 e. The van der Waals surface area contributed by atoms with Gasteiger partial charge in [0.1, 0.15) is 23.8 Å². The Bertz CT molecular complexity index is 978. The van der Waals surface area contributed by atoms with Crippen LogP contribution in [0.3, 0.4) is 0 Å². The van der Waals surface area contributed by atoms with E-state index >= 15 is 0 Å². The molecule has 0 N–H and O–H groups in total. The summed E-state index contributed by atoms with van der Waals surface area (Å²) >= 11 is 0. The summed E-state index contributed by atoms with van der Waals surface area (Å²) in [5, 5.41) is 0. The number of fused-ring (bicyclic) bond motifs is 1. The fourth-order valence-electron chi connectivity index (χ4n) is 3.13. The molecule has 1 aliphatic rings. The van der Waals surface area contributed by atoms with Crippen LogP contribution in [-0.2, 0) is 17.1 Å². The summed E-state index contributed by atoms with van der Waals surface area (Å²) in [6.07, 6.45) is 3.72. The number of rotatable bonds is 6. The number of hydrogen-bond donors (Lipinski definition) is 0. The Labute approximate surface area is 160 Å². The van der Waals surface area contributed by atoms with E-state index in [4.69, 9.17) is 9.47 Å². The van der Waals surface area contributed by atoms with Crippen LogP contribution in [-0.4, -0.2) is 30.3 Å². The summed E-state index contributed by atoms with van der Waals surface area (Å²) in [7, 11) is 1.22. The predicted octanol–water partition coefficient (Wildman–Crippen LogP) is 4.61. The number of para-hydroxylation sites is 1. The number of aromatic nitrogens is 2. The van der Waals surface area contributed by atoms with E-state index in [1.54, 1.807) is 6.20 Å². The standard InChI is InChI=1S/C21H18F2N2O3/c1-26-13-21(22,23)18-8-7-15(12-25-18)28-20-17(6-3-10-24-20)16-5-2-4-14-9-11-27-19(14)16/h2-8,10,12H,9,11,13H2,1H3. The van der Waals surface area contributed by atoms with E-state index in [9.17, 15) is 8.78 Å². The van der Waals surface area contributed by atoms with Crippen LogP contribution in [0.4, 0.5) is 8.78 Å². The van der Waals surface area contributed by atoms with Crippen molar-refractivity contribution in [3.63, 3.8) is 0 Å². The van der Waals surface area contributed by atoms with Gasteiger partial charge in [-0.1, -0.05) is 18.2 Å². The highest BCUT2D eigenvalue weighted by Crippen LogP contribution is 2.41. The average molecular weight is 384 g/mol. The van der Waals surface area contributed by atoms with E-state index in [1.165, 1.54) is 25.4 Å². The number of nitrogens with zero attached hydrogens (tertiary/aromatic N) is 2. The third-order valence-corrected chi connectivity index (χ3v) is 4.43. The van der Waals surface area contributed by atoms with Gasteiger partial charge in [-0.25, -0.2) is 4.98 Å². The third kappa shape index (κ3) is 3.53. The quantitative estimate of drug-likeness (QED) is 0.621. The molecule has 0 fully saturated rings. The summed E-state index contributed by atoms with van der Waals surface area (Å²) in [5.74, 6) is -1.67. The second kappa shape index (κ2) is 7.52. The molecule has 144 valence electrons. The van der Waals surface area contributed by atoms with E-state index in [2.05, 4.69) is 14.7 Å². The van der Waals surface area contributed by atoms with Crippen LogP contribution >= 0.6 is 0 Å². The van der Waals surface area contributed by atoms with Gasteiger partial charge in [-0.05, 0) is 29.8 Å². The van der Waals surface area contributed by atoms with Crippen molar-refractivity contribution in [2.24, 2.45) is 0 Å². The van der Waals surface area contributed by atoms with Gasteiger partial charge in [0, 0.05) is 30.9 Å². The maximum absolute atomic E-state index is 13.9. The lowest BCUT2D eigenvalue weighted by Gasteiger charge is -2.15. The van der Waals surface area contributed by atoms with Crippen molar-refractivity contribution in [2.75, 3.05) is 20.3 Å². The molecule has 0 spiro atoms. The average Bonchev–Trinajstić information content (AvgIpc) is 3.18. The largest absolute Gasteiger partial charge is 0.492 e. The molecule has 0 atom stereocenters. The van der Waals surface area contributed by atoms with Crippen molar-refractivity contribution in [1.82, 2.24) is 9.97 Å². The molecule has 0 aliphatic carbocycles. The van der Waals surface area contributed by atoms with Crippen molar-refractivity contribution >= 4 is 0 Å². The molecule has 1 aromatic carbocycles. The topological polar surface area (TPSA) is 53.5 Å². The van der Waals surface area contributed by atoms with Gasteiger partial charge in [0.15, 0.2) is 0 Å². The normalized spacial score (nSPS) is 13.1. The molecule has 5 nitrogen and oxygen atoms in total. The van der Waals surface area contributed by atoms with Crippen LogP contribution in [0.5, 0.6) is 17.4 Å². The van der Waals surface area contributed by atoms with Crippen LogP contribution in [0.15, 0.2) is 54.9 Å². The minimum atomic E-state index is -3.16. The van der Waals surface area contributed by atoms with Crippen molar-refractivity contribution in [1.29, 1.82) is 0 Å². The highest BCUT2D eigenvalue weighted by atomic mass is 19.3. The number of ether oxygens (including phenoxy) is 3.